The van der Waals surface area contributed by atoms with Crippen LogP contribution in [0.5, 0.6) is 0 Å². The van der Waals surface area contributed by atoms with Gasteiger partial charge in [-0.3, -0.25) is 4.79 Å². The maximum Gasteiger partial charge on any atom is 0.338 e. The second-order valence-corrected chi connectivity index (χ2v) is 6.95. The number of nitrogens with two attached hydrogens (primary N) is 1. The standard InChI is InChI=1S/C14H18N2O6S/c1-9-10(14(18)21-2)4-3-5-12(9)23(19,20)16-6-7-22-11(8-16)13(15)17/h3-5,11H,6-8H2,1-2H3,(H2,15,17). The topological polar surface area (TPSA) is 116 Å². The molecule has 1 unspecified atom stereocenters. The van der Waals surface area contributed by atoms with E-state index in [2.05, 4.69) is 4.74 Å². The van der Waals surface area contributed by atoms with Gasteiger partial charge in [0.15, 0.2) is 0 Å². The second kappa shape index (κ2) is 6.65. The molecule has 126 valence electrons. The number of primary amides is 1. The number of hydrogen-bond donors (Lipinski definition) is 1. The SMILES string of the molecule is COC(=O)c1cccc(S(=O)(=O)N2CCOC(C(N)=O)C2)c1C. The molecule has 2 rings (SSSR count). The van der Waals surface area contributed by atoms with E-state index in [4.69, 9.17) is 10.5 Å². The summed E-state index contributed by atoms with van der Waals surface area (Å²) in [4.78, 5) is 22.9. The number of sulfonamides is 1. The third kappa shape index (κ3) is 3.36. The van der Waals surface area contributed by atoms with Gasteiger partial charge in [-0.25, -0.2) is 13.2 Å². The van der Waals surface area contributed by atoms with E-state index in [1.807, 2.05) is 0 Å². The van der Waals surface area contributed by atoms with Gasteiger partial charge in [-0.1, -0.05) is 6.07 Å². The molecule has 1 aromatic carbocycles. The summed E-state index contributed by atoms with van der Waals surface area (Å²) in [7, 11) is -2.66. The zero-order valence-corrected chi connectivity index (χ0v) is 13.6. The first kappa shape index (κ1) is 17.4. The molecule has 0 radical (unpaired) electrons. The smallest absolute Gasteiger partial charge is 0.338 e. The molecule has 1 heterocycles. The Morgan fingerprint density at radius 2 is 2.09 bits per heavy atom. The summed E-state index contributed by atoms with van der Waals surface area (Å²) >= 11 is 0. The Morgan fingerprint density at radius 1 is 1.39 bits per heavy atom. The van der Waals surface area contributed by atoms with Crippen LogP contribution in [-0.2, 0) is 24.3 Å². The second-order valence-electron chi connectivity index (χ2n) is 5.05. The maximum atomic E-state index is 12.8. The van der Waals surface area contributed by atoms with Gasteiger partial charge in [-0.05, 0) is 24.6 Å². The van der Waals surface area contributed by atoms with E-state index in [9.17, 15) is 18.0 Å². The highest BCUT2D eigenvalue weighted by molar-refractivity contribution is 7.89. The molecule has 9 heteroatoms. The van der Waals surface area contributed by atoms with Crippen LogP contribution >= 0.6 is 0 Å². The monoisotopic (exact) mass is 342 g/mol. The highest BCUT2D eigenvalue weighted by Crippen LogP contribution is 2.24. The fourth-order valence-corrected chi connectivity index (χ4v) is 4.05. The molecule has 8 nitrogen and oxygen atoms in total. The molecular formula is C14H18N2O6S. The van der Waals surface area contributed by atoms with E-state index in [1.54, 1.807) is 0 Å². The van der Waals surface area contributed by atoms with Crippen LogP contribution in [0.15, 0.2) is 23.1 Å². The van der Waals surface area contributed by atoms with Crippen LogP contribution in [-0.4, -0.2) is 57.5 Å². The summed E-state index contributed by atoms with van der Waals surface area (Å²) in [6, 6.07) is 4.37. The minimum atomic E-state index is -3.89. The van der Waals surface area contributed by atoms with Crippen molar-refractivity contribution in [3.8, 4) is 0 Å². The molecule has 1 atom stereocenters. The number of hydrogen-bond acceptors (Lipinski definition) is 6. The molecule has 0 saturated carbocycles. The van der Waals surface area contributed by atoms with E-state index >= 15 is 0 Å². The van der Waals surface area contributed by atoms with Crippen molar-refractivity contribution in [1.82, 2.24) is 4.31 Å². The first-order valence-corrected chi connectivity index (χ1v) is 8.32. The van der Waals surface area contributed by atoms with Gasteiger partial charge in [0.1, 0.15) is 6.10 Å². The third-order valence-electron chi connectivity index (χ3n) is 3.65. The van der Waals surface area contributed by atoms with Crippen molar-refractivity contribution >= 4 is 21.9 Å². The summed E-state index contributed by atoms with van der Waals surface area (Å²) in [6.07, 6.45) is -0.984. The number of nitrogens with zero attached hydrogens (tertiary/aromatic N) is 1. The predicted octanol–water partition coefficient (Wildman–Crippen LogP) is -0.344. The van der Waals surface area contributed by atoms with Crippen molar-refractivity contribution in [3.05, 3.63) is 29.3 Å². The van der Waals surface area contributed by atoms with Gasteiger partial charge in [0.05, 0.1) is 24.2 Å². The molecule has 23 heavy (non-hydrogen) atoms. The van der Waals surface area contributed by atoms with E-state index in [0.29, 0.717) is 5.56 Å². The van der Waals surface area contributed by atoms with Crippen LogP contribution < -0.4 is 5.73 Å². The molecule has 0 aliphatic carbocycles. The Hall–Kier alpha value is -1.97. The lowest BCUT2D eigenvalue weighted by Crippen LogP contribution is -2.50. The largest absolute Gasteiger partial charge is 0.465 e. The highest BCUT2D eigenvalue weighted by atomic mass is 32.2. The first-order chi connectivity index (χ1) is 10.8. The Morgan fingerprint density at radius 3 is 2.70 bits per heavy atom. The van der Waals surface area contributed by atoms with Crippen LogP contribution in [0, 0.1) is 6.92 Å². The van der Waals surface area contributed by atoms with Gasteiger partial charge in [0.25, 0.3) is 0 Å². The predicted molar refractivity (Wildman–Crippen MR) is 80.2 cm³/mol. The number of methoxy groups -OCH3 is 1. The number of morpholine rings is 1. The number of rotatable bonds is 4. The number of amides is 1. The normalized spacial score (nSPS) is 19.3. The van der Waals surface area contributed by atoms with Crippen molar-refractivity contribution in [2.24, 2.45) is 5.73 Å². The molecule has 1 amide bonds. The fourth-order valence-electron chi connectivity index (χ4n) is 2.38. The van der Waals surface area contributed by atoms with Gasteiger partial charge in [0, 0.05) is 13.1 Å². The van der Waals surface area contributed by atoms with Crippen molar-refractivity contribution in [2.45, 2.75) is 17.9 Å². The summed E-state index contributed by atoms with van der Waals surface area (Å²) in [5, 5.41) is 0. The summed E-state index contributed by atoms with van der Waals surface area (Å²) < 4.78 is 36.6. The van der Waals surface area contributed by atoms with Gasteiger partial charge < -0.3 is 15.2 Å². The Kier molecular flexibility index (Phi) is 5.03. The van der Waals surface area contributed by atoms with Gasteiger partial charge >= 0.3 is 5.97 Å². The quantitative estimate of drug-likeness (QED) is 0.748. The van der Waals surface area contributed by atoms with E-state index < -0.39 is 28.0 Å². The number of carbonyl (C=O) groups is 2. The molecule has 1 saturated heterocycles. The molecule has 1 aliphatic heterocycles. The van der Waals surface area contributed by atoms with Crippen LogP contribution in [0.1, 0.15) is 15.9 Å². The van der Waals surface area contributed by atoms with Crippen molar-refractivity contribution in [3.63, 3.8) is 0 Å². The van der Waals surface area contributed by atoms with E-state index in [1.165, 1.54) is 32.2 Å². The zero-order valence-electron chi connectivity index (χ0n) is 12.8. The van der Waals surface area contributed by atoms with Crippen LogP contribution in [0.3, 0.4) is 0 Å². The number of ether oxygens (including phenoxy) is 2. The lowest BCUT2D eigenvalue weighted by atomic mass is 10.1. The molecule has 0 spiro atoms. The van der Waals surface area contributed by atoms with Crippen molar-refractivity contribution in [1.29, 1.82) is 0 Å². The number of benzene rings is 1. The molecule has 0 aromatic heterocycles. The summed E-state index contributed by atoms with van der Waals surface area (Å²) in [5.41, 5.74) is 5.64. The maximum absolute atomic E-state index is 12.8. The minimum Gasteiger partial charge on any atom is -0.465 e. The van der Waals surface area contributed by atoms with E-state index in [-0.39, 0.29) is 30.2 Å². The third-order valence-corrected chi connectivity index (χ3v) is 5.66. The van der Waals surface area contributed by atoms with Gasteiger partial charge in [-0.15, -0.1) is 0 Å². The number of carbonyl (C=O) groups excluding carboxylic acids is 2. The Balaban J connectivity index is 2.40. The molecule has 0 bridgehead atoms. The first-order valence-electron chi connectivity index (χ1n) is 6.88. The minimum absolute atomic E-state index is 0.00878. The lowest BCUT2D eigenvalue weighted by molar-refractivity contribution is -0.132. The average molecular weight is 342 g/mol. The van der Waals surface area contributed by atoms with Crippen molar-refractivity contribution < 1.29 is 27.5 Å². The van der Waals surface area contributed by atoms with Crippen molar-refractivity contribution in [2.75, 3.05) is 26.8 Å². The van der Waals surface area contributed by atoms with Crippen LogP contribution in [0.4, 0.5) is 0 Å². The van der Waals surface area contributed by atoms with E-state index in [0.717, 1.165) is 4.31 Å². The highest BCUT2D eigenvalue weighted by Gasteiger charge is 2.34. The Labute approximate surface area is 134 Å². The van der Waals surface area contributed by atoms with Crippen LogP contribution in [0.25, 0.3) is 0 Å². The summed E-state index contributed by atoms with van der Waals surface area (Å²) in [5.74, 6) is -1.33. The molecule has 2 N–H and O–H groups in total. The lowest BCUT2D eigenvalue weighted by Gasteiger charge is -2.31. The van der Waals surface area contributed by atoms with Gasteiger partial charge in [-0.2, -0.15) is 4.31 Å². The molecule has 1 aromatic rings. The summed E-state index contributed by atoms with van der Waals surface area (Å²) in [6.45, 7) is 1.56. The molecular weight excluding hydrogens is 324 g/mol. The van der Waals surface area contributed by atoms with Crippen LogP contribution in [0.2, 0.25) is 0 Å². The fraction of sp³-hybridized carbons (Fsp3) is 0.429. The number of esters is 1. The molecule has 1 fully saturated rings. The zero-order chi connectivity index (χ0) is 17.2. The van der Waals surface area contributed by atoms with Gasteiger partial charge in [0.2, 0.25) is 15.9 Å². The average Bonchev–Trinajstić information content (AvgIpc) is 2.54. The molecule has 1 aliphatic rings. The Bertz CT molecular complexity index is 731.